The van der Waals surface area contributed by atoms with E-state index in [-0.39, 0.29) is 12.5 Å². The third-order valence-electron chi connectivity index (χ3n) is 4.62. The van der Waals surface area contributed by atoms with E-state index in [9.17, 15) is 4.79 Å². The largest absolute Gasteiger partial charge is 0.313 e. The maximum atomic E-state index is 12.5. The maximum absolute atomic E-state index is 12.5. The van der Waals surface area contributed by atoms with Gasteiger partial charge in [-0.25, -0.2) is 15.4 Å². The van der Waals surface area contributed by atoms with E-state index in [2.05, 4.69) is 46.5 Å². The van der Waals surface area contributed by atoms with Gasteiger partial charge in [-0.15, -0.1) is 11.3 Å². The van der Waals surface area contributed by atoms with E-state index in [1.54, 1.807) is 11.7 Å². The summed E-state index contributed by atoms with van der Waals surface area (Å²) < 4.78 is 1.87. The van der Waals surface area contributed by atoms with E-state index in [1.807, 2.05) is 46.3 Å². The van der Waals surface area contributed by atoms with Crippen LogP contribution in [0.15, 0.2) is 64.5 Å². The lowest BCUT2D eigenvalue weighted by Gasteiger charge is -2.07. The highest BCUT2D eigenvalue weighted by Crippen LogP contribution is 2.24. The number of benzene rings is 2. The molecule has 0 saturated carbocycles. The van der Waals surface area contributed by atoms with Crippen LogP contribution in [0.25, 0.3) is 22.6 Å². The Labute approximate surface area is 172 Å². The summed E-state index contributed by atoms with van der Waals surface area (Å²) in [6.07, 6.45) is 1.65. The Morgan fingerprint density at radius 1 is 1.21 bits per heavy atom. The number of thiazole rings is 1. The van der Waals surface area contributed by atoms with Crippen molar-refractivity contribution in [3.8, 4) is 11.5 Å². The van der Waals surface area contributed by atoms with Crippen LogP contribution < -0.4 is 5.43 Å². The van der Waals surface area contributed by atoms with Crippen LogP contribution >= 0.6 is 11.3 Å². The van der Waals surface area contributed by atoms with E-state index in [1.165, 1.54) is 16.9 Å². The third-order valence-corrected chi connectivity index (χ3v) is 5.21. The minimum Gasteiger partial charge on any atom is -0.313 e. The van der Waals surface area contributed by atoms with Gasteiger partial charge in [0.1, 0.15) is 12.2 Å². The van der Waals surface area contributed by atoms with Gasteiger partial charge < -0.3 is 4.57 Å². The second-order valence-corrected chi connectivity index (χ2v) is 7.72. The Balaban J connectivity index is 1.50. The summed E-state index contributed by atoms with van der Waals surface area (Å²) in [6, 6.07) is 15.9. The number of imidazole rings is 1. The minimum absolute atomic E-state index is 0.108. The molecule has 0 atom stereocenters. The van der Waals surface area contributed by atoms with E-state index < -0.39 is 0 Å². The van der Waals surface area contributed by atoms with Crippen LogP contribution in [0.5, 0.6) is 0 Å². The number of hydrazone groups is 1. The monoisotopic (exact) mass is 403 g/mol. The number of para-hydroxylation sites is 2. The molecular weight excluding hydrogens is 382 g/mol. The predicted octanol–water partition coefficient (Wildman–Crippen LogP) is 4.43. The molecule has 4 aromatic rings. The molecule has 2 aromatic heterocycles. The van der Waals surface area contributed by atoms with E-state index in [0.717, 1.165) is 22.3 Å². The zero-order chi connectivity index (χ0) is 20.2. The minimum atomic E-state index is -0.223. The first kappa shape index (κ1) is 19.0. The van der Waals surface area contributed by atoms with Crippen molar-refractivity contribution in [3.05, 3.63) is 70.5 Å². The normalized spacial score (nSPS) is 11.6. The second kappa shape index (κ2) is 8.36. The first-order chi connectivity index (χ1) is 14.1. The summed E-state index contributed by atoms with van der Waals surface area (Å²) in [5, 5.41) is 6.02. The zero-order valence-corrected chi connectivity index (χ0v) is 17.1. The van der Waals surface area contributed by atoms with Gasteiger partial charge in [0.25, 0.3) is 5.91 Å². The number of nitrogens with one attached hydrogen (secondary N) is 1. The molecule has 146 valence electrons. The van der Waals surface area contributed by atoms with Gasteiger partial charge in [0, 0.05) is 5.38 Å². The van der Waals surface area contributed by atoms with E-state index >= 15 is 0 Å². The highest BCUT2D eigenvalue weighted by molar-refractivity contribution is 7.07. The van der Waals surface area contributed by atoms with Crippen LogP contribution in [0.2, 0.25) is 0 Å². The van der Waals surface area contributed by atoms with Crippen molar-refractivity contribution < 1.29 is 4.79 Å². The molecule has 29 heavy (non-hydrogen) atoms. The van der Waals surface area contributed by atoms with Crippen LogP contribution in [-0.4, -0.2) is 26.7 Å². The van der Waals surface area contributed by atoms with Crippen molar-refractivity contribution >= 4 is 34.5 Å². The highest BCUT2D eigenvalue weighted by atomic mass is 32.1. The summed E-state index contributed by atoms with van der Waals surface area (Å²) in [6.45, 7) is 4.42. The Hall–Kier alpha value is -3.32. The molecule has 1 amide bonds. The summed E-state index contributed by atoms with van der Waals surface area (Å²) in [4.78, 5) is 21.5. The summed E-state index contributed by atoms with van der Waals surface area (Å²) in [5.74, 6) is 0.938. The van der Waals surface area contributed by atoms with Gasteiger partial charge in [-0.1, -0.05) is 50.2 Å². The number of rotatable bonds is 6. The molecule has 6 nitrogen and oxygen atoms in total. The molecule has 2 aromatic carbocycles. The molecule has 1 N–H and O–H groups in total. The number of carbonyl (C=O) groups is 1. The fraction of sp³-hybridized carbons (Fsp3) is 0.182. The van der Waals surface area contributed by atoms with Crippen LogP contribution in [0, 0.1) is 0 Å². The Kier molecular flexibility index (Phi) is 5.48. The fourth-order valence-electron chi connectivity index (χ4n) is 3.08. The Morgan fingerprint density at radius 3 is 2.72 bits per heavy atom. The SMILES string of the molecule is CC(C)c1ccc(C=NNC(=O)Cn2c(-c3cscn3)nc3ccccc32)cc1. The van der Waals surface area contributed by atoms with Crippen molar-refractivity contribution in [1.82, 2.24) is 20.0 Å². The average molecular weight is 404 g/mol. The quantitative estimate of drug-likeness (QED) is 0.382. The third kappa shape index (κ3) is 4.25. The van der Waals surface area contributed by atoms with Crippen LogP contribution in [-0.2, 0) is 11.3 Å². The molecule has 0 fully saturated rings. The summed E-state index contributed by atoms with van der Waals surface area (Å²) in [5.41, 5.74) is 9.05. The molecular formula is C22H21N5OS. The first-order valence-electron chi connectivity index (χ1n) is 9.37. The van der Waals surface area contributed by atoms with Gasteiger partial charge in [0.05, 0.1) is 22.8 Å². The first-order valence-corrected chi connectivity index (χ1v) is 10.3. The number of carbonyl (C=O) groups excluding carboxylic acids is 1. The van der Waals surface area contributed by atoms with Crippen LogP contribution in [0.3, 0.4) is 0 Å². The number of aromatic nitrogens is 3. The highest BCUT2D eigenvalue weighted by Gasteiger charge is 2.16. The van der Waals surface area contributed by atoms with Gasteiger partial charge in [-0.3, -0.25) is 4.79 Å². The van der Waals surface area contributed by atoms with Crippen molar-refractivity contribution in [3.63, 3.8) is 0 Å². The lowest BCUT2D eigenvalue weighted by Crippen LogP contribution is -2.23. The van der Waals surface area contributed by atoms with Crippen LogP contribution in [0.4, 0.5) is 0 Å². The standard InChI is InChI=1S/C22H21N5OS/c1-15(2)17-9-7-16(8-10-17)11-24-26-21(28)12-27-20-6-4-3-5-18(20)25-22(27)19-13-29-14-23-19/h3-11,13-15H,12H2,1-2H3,(H,26,28). The van der Waals surface area contributed by atoms with Crippen molar-refractivity contribution in [2.45, 2.75) is 26.3 Å². The maximum Gasteiger partial charge on any atom is 0.260 e. The molecule has 0 aliphatic rings. The molecule has 0 bridgehead atoms. The molecule has 0 radical (unpaired) electrons. The number of hydrogen-bond donors (Lipinski definition) is 1. The molecule has 7 heteroatoms. The average Bonchev–Trinajstić information content (AvgIpc) is 3.37. The molecule has 0 unspecified atom stereocenters. The second-order valence-electron chi connectivity index (χ2n) is 7.00. The zero-order valence-electron chi connectivity index (χ0n) is 16.2. The summed E-state index contributed by atoms with van der Waals surface area (Å²) >= 11 is 1.50. The van der Waals surface area contributed by atoms with Crippen molar-refractivity contribution in [2.24, 2.45) is 5.10 Å². The van der Waals surface area contributed by atoms with E-state index in [0.29, 0.717) is 11.7 Å². The predicted molar refractivity (Wildman–Crippen MR) is 117 cm³/mol. The van der Waals surface area contributed by atoms with Gasteiger partial charge in [-0.2, -0.15) is 5.10 Å². The molecule has 4 rings (SSSR count). The number of nitrogens with zero attached hydrogens (tertiary/aromatic N) is 4. The number of amides is 1. The van der Waals surface area contributed by atoms with Gasteiger partial charge in [0.15, 0.2) is 5.82 Å². The molecule has 0 aliphatic carbocycles. The van der Waals surface area contributed by atoms with Gasteiger partial charge in [0.2, 0.25) is 0 Å². The number of hydrogen-bond acceptors (Lipinski definition) is 5. The summed E-state index contributed by atoms with van der Waals surface area (Å²) in [7, 11) is 0. The Bertz CT molecular complexity index is 1140. The Morgan fingerprint density at radius 2 is 2.00 bits per heavy atom. The van der Waals surface area contributed by atoms with Crippen molar-refractivity contribution in [2.75, 3.05) is 0 Å². The van der Waals surface area contributed by atoms with E-state index in [4.69, 9.17) is 0 Å². The smallest absolute Gasteiger partial charge is 0.260 e. The number of fused-ring (bicyclic) bond motifs is 1. The van der Waals surface area contributed by atoms with Crippen LogP contribution in [0.1, 0.15) is 30.9 Å². The molecule has 2 heterocycles. The molecule has 0 aliphatic heterocycles. The lowest BCUT2D eigenvalue weighted by molar-refractivity contribution is -0.121. The molecule has 0 saturated heterocycles. The lowest BCUT2D eigenvalue weighted by atomic mass is 10.0. The topological polar surface area (TPSA) is 72.2 Å². The van der Waals surface area contributed by atoms with Gasteiger partial charge in [-0.05, 0) is 29.2 Å². The van der Waals surface area contributed by atoms with Crippen molar-refractivity contribution in [1.29, 1.82) is 0 Å². The van der Waals surface area contributed by atoms with Gasteiger partial charge >= 0.3 is 0 Å². The fourth-order valence-corrected chi connectivity index (χ4v) is 3.61. The molecule has 0 spiro atoms.